The van der Waals surface area contributed by atoms with E-state index >= 15 is 0 Å². The van der Waals surface area contributed by atoms with E-state index in [1.54, 1.807) is 14.2 Å². The topological polar surface area (TPSA) is 63.7 Å². The molecule has 0 bridgehead atoms. The molecular formula is C23H27N3O3. The van der Waals surface area contributed by atoms with Crippen LogP contribution in [0.5, 0.6) is 11.5 Å². The quantitative estimate of drug-likeness (QED) is 0.665. The van der Waals surface area contributed by atoms with Crippen LogP contribution in [0, 0.1) is 6.92 Å². The summed E-state index contributed by atoms with van der Waals surface area (Å²) < 4.78 is 10.8. The number of nitrogens with one attached hydrogen (secondary N) is 1. The largest absolute Gasteiger partial charge is 0.497 e. The summed E-state index contributed by atoms with van der Waals surface area (Å²) in [6.45, 7) is 3.35. The number of pyridine rings is 1. The fourth-order valence-electron chi connectivity index (χ4n) is 3.16. The number of hydrogen-bond acceptors (Lipinski definition) is 5. The van der Waals surface area contributed by atoms with Crippen LogP contribution >= 0.6 is 0 Å². The first kappa shape index (κ1) is 20.6. The van der Waals surface area contributed by atoms with Crippen molar-refractivity contribution in [2.24, 2.45) is 0 Å². The minimum Gasteiger partial charge on any atom is -0.497 e. The van der Waals surface area contributed by atoms with Crippen LogP contribution in [0.1, 0.15) is 15.9 Å². The molecule has 0 saturated heterocycles. The van der Waals surface area contributed by atoms with Crippen LogP contribution in [0.4, 0.5) is 0 Å². The lowest BCUT2D eigenvalue weighted by Gasteiger charge is -2.14. The van der Waals surface area contributed by atoms with E-state index in [4.69, 9.17) is 14.5 Å². The zero-order chi connectivity index (χ0) is 21.0. The molecule has 0 fully saturated rings. The molecule has 1 amide bonds. The summed E-state index contributed by atoms with van der Waals surface area (Å²) in [6.07, 6.45) is 0. The molecule has 1 N–H and O–H groups in total. The van der Waals surface area contributed by atoms with Gasteiger partial charge in [-0.25, -0.2) is 4.98 Å². The van der Waals surface area contributed by atoms with E-state index in [0.29, 0.717) is 29.3 Å². The SMILES string of the molecule is COc1ccc(-c2cc(C(=O)NCCN(C)C)c3cc(C)ccc3n2)c(OC)c1. The van der Waals surface area contributed by atoms with Gasteiger partial charge >= 0.3 is 0 Å². The highest BCUT2D eigenvalue weighted by Crippen LogP contribution is 2.34. The Morgan fingerprint density at radius 1 is 1.07 bits per heavy atom. The Bertz CT molecular complexity index is 1030. The van der Waals surface area contributed by atoms with Crippen LogP contribution in [0.3, 0.4) is 0 Å². The number of fused-ring (bicyclic) bond motifs is 1. The number of hydrogen-bond donors (Lipinski definition) is 1. The van der Waals surface area contributed by atoms with Crippen LogP contribution in [0.15, 0.2) is 42.5 Å². The highest BCUT2D eigenvalue weighted by atomic mass is 16.5. The molecule has 0 aliphatic heterocycles. The van der Waals surface area contributed by atoms with Gasteiger partial charge in [0, 0.05) is 30.1 Å². The van der Waals surface area contributed by atoms with Crippen molar-refractivity contribution in [1.82, 2.24) is 15.2 Å². The van der Waals surface area contributed by atoms with E-state index in [9.17, 15) is 4.79 Å². The molecule has 3 aromatic rings. The molecule has 1 heterocycles. The van der Waals surface area contributed by atoms with Crippen LogP contribution in [-0.4, -0.2) is 57.2 Å². The molecule has 3 rings (SSSR count). The van der Waals surface area contributed by atoms with Crippen molar-refractivity contribution in [2.45, 2.75) is 6.92 Å². The van der Waals surface area contributed by atoms with Gasteiger partial charge in [0.05, 0.1) is 31.0 Å². The standard InChI is InChI=1S/C23H27N3O3/c1-15-6-9-20-18(12-15)19(23(27)24-10-11-26(2)3)14-21(25-20)17-8-7-16(28-4)13-22(17)29-5/h6-9,12-14H,10-11H2,1-5H3,(H,24,27). The van der Waals surface area contributed by atoms with Crippen LogP contribution in [0.2, 0.25) is 0 Å². The van der Waals surface area contributed by atoms with Gasteiger partial charge in [0.25, 0.3) is 5.91 Å². The molecule has 0 unspecified atom stereocenters. The number of carbonyl (C=O) groups is 1. The van der Waals surface area contributed by atoms with Gasteiger partial charge in [-0.2, -0.15) is 0 Å². The number of aryl methyl sites for hydroxylation is 1. The highest BCUT2D eigenvalue weighted by Gasteiger charge is 2.16. The summed E-state index contributed by atoms with van der Waals surface area (Å²) in [6, 6.07) is 13.3. The molecule has 152 valence electrons. The van der Waals surface area contributed by atoms with Gasteiger partial charge in [0.1, 0.15) is 11.5 Å². The highest BCUT2D eigenvalue weighted by molar-refractivity contribution is 6.07. The Morgan fingerprint density at radius 2 is 1.86 bits per heavy atom. The molecule has 2 aromatic carbocycles. The van der Waals surface area contributed by atoms with Gasteiger partial charge in [-0.05, 0) is 51.4 Å². The second-order valence-corrected chi connectivity index (χ2v) is 7.20. The zero-order valence-electron chi connectivity index (χ0n) is 17.6. The molecule has 0 aliphatic rings. The van der Waals surface area contributed by atoms with Crippen molar-refractivity contribution in [2.75, 3.05) is 41.4 Å². The van der Waals surface area contributed by atoms with Gasteiger partial charge in [-0.15, -0.1) is 0 Å². The molecular weight excluding hydrogens is 366 g/mol. The van der Waals surface area contributed by atoms with E-state index in [1.165, 1.54) is 0 Å². The lowest BCUT2D eigenvalue weighted by molar-refractivity contribution is 0.0952. The Balaban J connectivity index is 2.10. The molecule has 6 heteroatoms. The van der Waals surface area contributed by atoms with Crippen LogP contribution in [0.25, 0.3) is 22.2 Å². The van der Waals surface area contributed by atoms with Gasteiger partial charge < -0.3 is 19.7 Å². The average molecular weight is 393 g/mol. The third-order valence-electron chi connectivity index (χ3n) is 4.74. The lowest BCUT2D eigenvalue weighted by atomic mass is 10.0. The number of amides is 1. The number of methoxy groups -OCH3 is 2. The normalized spacial score (nSPS) is 11.0. The third kappa shape index (κ3) is 4.66. The van der Waals surface area contributed by atoms with Gasteiger partial charge in [-0.1, -0.05) is 11.6 Å². The number of likely N-dealkylation sites (N-methyl/N-ethyl adjacent to an activating group) is 1. The Morgan fingerprint density at radius 3 is 2.55 bits per heavy atom. The summed E-state index contributed by atoms with van der Waals surface area (Å²) in [5.74, 6) is 1.23. The van der Waals surface area contributed by atoms with Gasteiger partial charge in [-0.3, -0.25) is 4.79 Å². The molecule has 0 aliphatic carbocycles. The second kappa shape index (κ2) is 8.92. The fraction of sp³-hybridized carbons (Fsp3) is 0.304. The Labute approximate surface area is 171 Å². The number of carbonyl (C=O) groups excluding carboxylic acids is 1. The van der Waals surface area contributed by atoms with Crippen molar-refractivity contribution in [3.63, 3.8) is 0 Å². The molecule has 0 radical (unpaired) electrons. The fourth-order valence-corrected chi connectivity index (χ4v) is 3.16. The van der Waals surface area contributed by atoms with Crippen molar-refractivity contribution < 1.29 is 14.3 Å². The molecule has 6 nitrogen and oxygen atoms in total. The van der Waals surface area contributed by atoms with Crippen molar-refractivity contribution in [3.8, 4) is 22.8 Å². The first-order chi connectivity index (χ1) is 13.9. The van der Waals surface area contributed by atoms with E-state index in [1.807, 2.05) is 68.4 Å². The van der Waals surface area contributed by atoms with Gasteiger partial charge in [0.2, 0.25) is 0 Å². The first-order valence-electron chi connectivity index (χ1n) is 9.49. The van der Waals surface area contributed by atoms with Gasteiger partial charge in [0.15, 0.2) is 0 Å². The second-order valence-electron chi connectivity index (χ2n) is 7.20. The summed E-state index contributed by atoms with van der Waals surface area (Å²) >= 11 is 0. The predicted molar refractivity (Wildman–Crippen MR) is 116 cm³/mol. The summed E-state index contributed by atoms with van der Waals surface area (Å²) in [4.78, 5) is 19.8. The molecule has 0 saturated carbocycles. The molecule has 1 aromatic heterocycles. The van der Waals surface area contributed by atoms with E-state index in [-0.39, 0.29) is 5.91 Å². The maximum absolute atomic E-state index is 13.0. The summed E-state index contributed by atoms with van der Waals surface area (Å²) in [5.41, 5.74) is 3.93. The number of rotatable bonds is 7. The summed E-state index contributed by atoms with van der Waals surface area (Å²) in [7, 11) is 7.18. The lowest BCUT2D eigenvalue weighted by Crippen LogP contribution is -2.31. The Kier molecular flexibility index (Phi) is 6.34. The van der Waals surface area contributed by atoms with Crippen molar-refractivity contribution >= 4 is 16.8 Å². The monoisotopic (exact) mass is 393 g/mol. The number of benzene rings is 2. The first-order valence-corrected chi connectivity index (χ1v) is 9.49. The summed E-state index contributed by atoms with van der Waals surface area (Å²) in [5, 5.41) is 3.84. The third-order valence-corrected chi connectivity index (χ3v) is 4.74. The number of ether oxygens (including phenoxy) is 2. The molecule has 0 spiro atoms. The van der Waals surface area contributed by atoms with Crippen LogP contribution in [-0.2, 0) is 0 Å². The minimum absolute atomic E-state index is 0.112. The molecule has 29 heavy (non-hydrogen) atoms. The number of nitrogens with zero attached hydrogens (tertiary/aromatic N) is 2. The van der Waals surface area contributed by atoms with E-state index < -0.39 is 0 Å². The maximum atomic E-state index is 13.0. The van der Waals surface area contributed by atoms with Crippen molar-refractivity contribution in [1.29, 1.82) is 0 Å². The smallest absolute Gasteiger partial charge is 0.252 e. The van der Waals surface area contributed by atoms with Crippen LogP contribution < -0.4 is 14.8 Å². The molecule has 0 atom stereocenters. The maximum Gasteiger partial charge on any atom is 0.252 e. The van der Waals surface area contributed by atoms with Crippen molar-refractivity contribution in [3.05, 3.63) is 53.6 Å². The minimum atomic E-state index is -0.112. The number of aromatic nitrogens is 1. The zero-order valence-corrected chi connectivity index (χ0v) is 17.6. The Hall–Kier alpha value is -3.12. The van der Waals surface area contributed by atoms with E-state index in [2.05, 4.69) is 5.32 Å². The predicted octanol–water partition coefficient (Wildman–Crippen LogP) is 3.52. The van der Waals surface area contributed by atoms with E-state index in [0.717, 1.165) is 28.6 Å². The average Bonchev–Trinajstić information content (AvgIpc) is 2.72.